The van der Waals surface area contributed by atoms with E-state index in [9.17, 15) is 10.4 Å². The van der Waals surface area contributed by atoms with Crippen molar-refractivity contribution < 1.29 is 9.84 Å². The second kappa shape index (κ2) is 6.39. The molecule has 108 valence electrons. The van der Waals surface area contributed by atoms with Crippen LogP contribution < -0.4 is 0 Å². The van der Waals surface area contributed by atoms with Crippen LogP contribution in [0.2, 0.25) is 0 Å². The van der Waals surface area contributed by atoms with Gasteiger partial charge in [0, 0.05) is 0 Å². The summed E-state index contributed by atoms with van der Waals surface area (Å²) < 4.78 is 5.86. The average molecular weight is 273 g/mol. The third-order valence-corrected chi connectivity index (χ3v) is 4.36. The summed E-state index contributed by atoms with van der Waals surface area (Å²) in [7, 11) is 0. The molecule has 0 heterocycles. The molecule has 0 saturated heterocycles. The SMILES string of the molecule is CC(O)C(C)OC1(C#N)CCC(c2ccccc2)CC1. The minimum absolute atomic E-state index is 0.303. The zero-order valence-corrected chi connectivity index (χ0v) is 12.2. The van der Waals surface area contributed by atoms with Crippen LogP contribution in [0.4, 0.5) is 0 Å². The Hall–Kier alpha value is -1.37. The second-order valence-electron chi connectivity index (χ2n) is 5.85. The highest BCUT2D eigenvalue weighted by Crippen LogP contribution is 2.40. The molecule has 0 aromatic heterocycles. The Morgan fingerprint density at radius 1 is 1.25 bits per heavy atom. The largest absolute Gasteiger partial charge is 0.391 e. The number of hydrogen-bond donors (Lipinski definition) is 1. The molecule has 1 aromatic rings. The first-order valence-corrected chi connectivity index (χ1v) is 7.38. The van der Waals surface area contributed by atoms with Crippen molar-refractivity contribution in [3.8, 4) is 6.07 Å². The van der Waals surface area contributed by atoms with Crippen molar-refractivity contribution >= 4 is 0 Å². The standard InChI is InChI=1S/C17H23NO2/c1-13(19)14(2)20-17(12-18)10-8-16(9-11-17)15-6-4-3-5-7-15/h3-7,13-14,16,19H,8-11H2,1-2H3. The monoisotopic (exact) mass is 273 g/mol. The molecule has 3 heteroatoms. The van der Waals surface area contributed by atoms with Gasteiger partial charge in [0.2, 0.25) is 0 Å². The van der Waals surface area contributed by atoms with E-state index in [2.05, 4.69) is 30.3 Å². The Kier molecular flexibility index (Phi) is 4.80. The third kappa shape index (κ3) is 3.39. The predicted octanol–water partition coefficient (Wildman–Crippen LogP) is 3.39. The highest BCUT2D eigenvalue weighted by Gasteiger charge is 2.38. The van der Waals surface area contributed by atoms with Crippen molar-refractivity contribution in [3.05, 3.63) is 35.9 Å². The van der Waals surface area contributed by atoms with Crippen LogP contribution in [0.1, 0.15) is 51.0 Å². The van der Waals surface area contributed by atoms with E-state index < -0.39 is 11.7 Å². The Morgan fingerprint density at radius 2 is 1.85 bits per heavy atom. The molecule has 1 aromatic carbocycles. The van der Waals surface area contributed by atoms with Crippen LogP contribution in [0.3, 0.4) is 0 Å². The first kappa shape index (κ1) is 15.0. The van der Waals surface area contributed by atoms with E-state index in [1.165, 1.54) is 5.56 Å². The number of aliphatic hydroxyl groups excluding tert-OH is 1. The predicted molar refractivity (Wildman–Crippen MR) is 78.2 cm³/mol. The zero-order chi connectivity index (χ0) is 14.6. The van der Waals surface area contributed by atoms with Crippen molar-refractivity contribution in [2.45, 2.75) is 63.3 Å². The van der Waals surface area contributed by atoms with Gasteiger partial charge in [0.05, 0.1) is 18.3 Å². The van der Waals surface area contributed by atoms with Crippen LogP contribution in [0.25, 0.3) is 0 Å². The summed E-state index contributed by atoms with van der Waals surface area (Å²) in [5.41, 5.74) is 0.629. The quantitative estimate of drug-likeness (QED) is 0.914. The van der Waals surface area contributed by atoms with Gasteiger partial charge in [0.25, 0.3) is 0 Å². The molecule has 1 saturated carbocycles. The molecule has 0 radical (unpaired) electrons. The molecule has 2 atom stereocenters. The third-order valence-electron chi connectivity index (χ3n) is 4.36. The molecule has 0 spiro atoms. The van der Waals surface area contributed by atoms with Crippen molar-refractivity contribution in [3.63, 3.8) is 0 Å². The van der Waals surface area contributed by atoms with Crippen LogP contribution in [-0.4, -0.2) is 22.9 Å². The fourth-order valence-corrected chi connectivity index (χ4v) is 2.85. The molecule has 2 rings (SSSR count). The average Bonchev–Trinajstić information content (AvgIpc) is 2.48. The van der Waals surface area contributed by atoms with Crippen LogP contribution in [0, 0.1) is 11.3 Å². The molecule has 1 aliphatic carbocycles. The first-order valence-electron chi connectivity index (χ1n) is 7.38. The summed E-state index contributed by atoms with van der Waals surface area (Å²) in [6.07, 6.45) is 2.55. The smallest absolute Gasteiger partial charge is 0.154 e. The number of rotatable bonds is 4. The molecule has 0 amide bonds. The maximum atomic E-state index is 9.56. The van der Waals surface area contributed by atoms with Crippen LogP contribution >= 0.6 is 0 Å². The Labute approximate surface area is 121 Å². The number of nitriles is 1. The van der Waals surface area contributed by atoms with Gasteiger partial charge in [-0.3, -0.25) is 0 Å². The summed E-state index contributed by atoms with van der Waals surface area (Å²) in [5, 5.41) is 19.0. The highest BCUT2D eigenvalue weighted by molar-refractivity contribution is 5.21. The molecule has 0 aliphatic heterocycles. The van der Waals surface area contributed by atoms with Crippen LogP contribution in [0.15, 0.2) is 30.3 Å². The van der Waals surface area contributed by atoms with E-state index in [0.29, 0.717) is 5.92 Å². The molecule has 2 unspecified atom stereocenters. The van der Waals surface area contributed by atoms with Gasteiger partial charge in [-0.2, -0.15) is 5.26 Å². The second-order valence-corrected chi connectivity index (χ2v) is 5.85. The van der Waals surface area contributed by atoms with Gasteiger partial charge in [-0.15, -0.1) is 0 Å². The Morgan fingerprint density at radius 3 is 2.35 bits per heavy atom. The molecule has 0 bridgehead atoms. The minimum Gasteiger partial charge on any atom is -0.391 e. The van der Waals surface area contributed by atoms with Crippen LogP contribution in [-0.2, 0) is 4.74 Å². The van der Waals surface area contributed by atoms with Crippen molar-refractivity contribution in [2.24, 2.45) is 0 Å². The molecule has 1 aliphatic rings. The zero-order valence-electron chi connectivity index (χ0n) is 12.2. The molecular weight excluding hydrogens is 250 g/mol. The normalized spacial score (nSPS) is 29.4. The van der Waals surface area contributed by atoms with Crippen molar-refractivity contribution in [2.75, 3.05) is 0 Å². The fourth-order valence-electron chi connectivity index (χ4n) is 2.85. The van der Waals surface area contributed by atoms with Gasteiger partial charge >= 0.3 is 0 Å². The van der Waals surface area contributed by atoms with Crippen molar-refractivity contribution in [1.82, 2.24) is 0 Å². The van der Waals surface area contributed by atoms with E-state index in [0.717, 1.165) is 25.7 Å². The Balaban J connectivity index is 2.00. The summed E-state index contributed by atoms with van der Waals surface area (Å²) in [5.74, 6) is 0.517. The molecule has 1 fully saturated rings. The molecular formula is C17H23NO2. The number of ether oxygens (including phenoxy) is 1. The lowest BCUT2D eigenvalue weighted by molar-refractivity contribution is -0.111. The lowest BCUT2D eigenvalue weighted by atomic mass is 9.76. The molecule has 20 heavy (non-hydrogen) atoms. The van der Waals surface area contributed by atoms with Gasteiger partial charge in [-0.1, -0.05) is 30.3 Å². The maximum Gasteiger partial charge on any atom is 0.154 e. The Bertz CT molecular complexity index is 456. The van der Waals surface area contributed by atoms with E-state index in [1.54, 1.807) is 6.92 Å². The van der Waals surface area contributed by atoms with E-state index in [4.69, 9.17) is 4.74 Å². The van der Waals surface area contributed by atoms with Gasteiger partial charge in [0.15, 0.2) is 5.60 Å². The topological polar surface area (TPSA) is 53.2 Å². The highest BCUT2D eigenvalue weighted by atomic mass is 16.5. The van der Waals surface area contributed by atoms with Gasteiger partial charge in [-0.05, 0) is 51.0 Å². The number of aliphatic hydroxyl groups is 1. The lowest BCUT2D eigenvalue weighted by Gasteiger charge is -2.37. The van der Waals surface area contributed by atoms with Gasteiger partial charge in [-0.25, -0.2) is 0 Å². The molecule has 3 nitrogen and oxygen atoms in total. The van der Waals surface area contributed by atoms with E-state index in [1.807, 2.05) is 13.0 Å². The van der Waals surface area contributed by atoms with Crippen molar-refractivity contribution in [1.29, 1.82) is 5.26 Å². The van der Waals surface area contributed by atoms with Gasteiger partial charge < -0.3 is 9.84 Å². The summed E-state index contributed by atoms with van der Waals surface area (Å²) in [6.45, 7) is 3.53. The van der Waals surface area contributed by atoms with E-state index in [-0.39, 0.29) is 6.10 Å². The minimum atomic E-state index is -0.721. The fraction of sp³-hybridized carbons (Fsp3) is 0.588. The van der Waals surface area contributed by atoms with E-state index >= 15 is 0 Å². The van der Waals surface area contributed by atoms with Gasteiger partial charge in [0.1, 0.15) is 0 Å². The maximum absolute atomic E-state index is 9.56. The summed E-state index contributed by atoms with van der Waals surface area (Å²) in [6, 6.07) is 12.8. The number of nitrogens with zero attached hydrogens (tertiary/aromatic N) is 1. The first-order chi connectivity index (χ1) is 9.56. The number of benzene rings is 1. The number of hydrogen-bond acceptors (Lipinski definition) is 3. The summed E-state index contributed by atoms with van der Waals surface area (Å²) in [4.78, 5) is 0. The summed E-state index contributed by atoms with van der Waals surface area (Å²) >= 11 is 0. The lowest BCUT2D eigenvalue weighted by Crippen LogP contribution is -2.41. The molecule has 1 N–H and O–H groups in total. The van der Waals surface area contributed by atoms with Crippen LogP contribution in [0.5, 0.6) is 0 Å².